The lowest BCUT2D eigenvalue weighted by atomic mass is 9.96. The van der Waals surface area contributed by atoms with Crippen molar-refractivity contribution in [2.45, 2.75) is 58.3 Å². The zero-order chi connectivity index (χ0) is 33.4. The van der Waals surface area contributed by atoms with Crippen LogP contribution in [0.15, 0.2) is 60.0 Å². The largest absolute Gasteiger partial charge is 0.416 e. The molecule has 15 heteroatoms. The van der Waals surface area contributed by atoms with Gasteiger partial charge in [0.05, 0.1) is 28.4 Å². The molecule has 5 rings (SSSR count). The average Bonchev–Trinajstić information content (AvgIpc) is 3.77. The monoisotopic (exact) mass is 635 g/mol. The highest BCUT2D eigenvalue weighted by Crippen LogP contribution is 2.37. The Morgan fingerprint density at radius 1 is 1.07 bits per heavy atom. The maximum atomic E-state index is 14.3. The van der Waals surface area contributed by atoms with Gasteiger partial charge in [-0.2, -0.15) is 23.3 Å². The molecule has 1 aromatic carbocycles. The van der Waals surface area contributed by atoms with Gasteiger partial charge >= 0.3 is 18.0 Å². The van der Waals surface area contributed by atoms with Crippen LogP contribution in [0.25, 0.3) is 33.7 Å². The number of aromatic nitrogens is 7. The fourth-order valence-electron chi connectivity index (χ4n) is 4.55. The first-order valence-corrected chi connectivity index (χ1v) is 14.2. The predicted molar refractivity (Wildman–Crippen MR) is 162 cm³/mol. The van der Waals surface area contributed by atoms with E-state index >= 15 is 0 Å². The summed E-state index contributed by atoms with van der Waals surface area (Å²) in [6, 6.07) is 5.47. The van der Waals surface area contributed by atoms with Crippen LogP contribution in [0.5, 0.6) is 0 Å². The molecule has 0 saturated carbocycles. The minimum Gasteiger partial charge on any atom is -0.350 e. The van der Waals surface area contributed by atoms with E-state index in [1.54, 1.807) is 23.1 Å². The summed E-state index contributed by atoms with van der Waals surface area (Å²) >= 11 is 0. The number of nitrogens with one attached hydrogen (secondary N) is 3. The second-order valence-electron chi connectivity index (χ2n) is 12.3. The van der Waals surface area contributed by atoms with Crippen molar-refractivity contribution in [1.29, 1.82) is 0 Å². The van der Waals surface area contributed by atoms with Gasteiger partial charge in [0.1, 0.15) is 5.82 Å². The molecule has 0 radical (unpaired) electrons. The Morgan fingerprint density at radius 3 is 2.50 bits per heavy atom. The number of amides is 2. The third-order valence-corrected chi connectivity index (χ3v) is 7.21. The van der Waals surface area contributed by atoms with E-state index in [1.165, 1.54) is 24.4 Å². The van der Waals surface area contributed by atoms with Crippen LogP contribution in [0.4, 0.5) is 13.2 Å². The van der Waals surface area contributed by atoms with Gasteiger partial charge in [-0.3, -0.25) is 14.3 Å². The molecule has 4 aromatic heterocycles. The van der Waals surface area contributed by atoms with E-state index in [0.29, 0.717) is 40.5 Å². The first-order valence-electron chi connectivity index (χ1n) is 14.2. The number of imidazole rings is 1. The number of rotatable bonds is 9. The molecule has 0 bridgehead atoms. The number of halogens is 3. The number of hydrogen-bond acceptors (Lipinski definition) is 8. The van der Waals surface area contributed by atoms with Crippen LogP contribution in [0.3, 0.4) is 0 Å². The molecular weight excluding hydrogens is 603 g/mol. The molecule has 0 aliphatic rings. The van der Waals surface area contributed by atoms with Crippen LogP contribution in [-0.4, -0.2) is 53.2 Å². The molecule has 2 amide bonds. The molecule has 5 aromatic rings. The van der Waals surface area contributed by atoms with Gasteiger partial charge in [0.25, 0.3) is 0 Å². The van der Waals surface area contributed by atoms with Gasteiger partial charge in [-0.25, -0.2) is 9.97 Å². The number of carbonyl (C=O) groups is 2. The summed E-state index contributed by atoms with van der Waals surface area (Å²) in [7, 11) is 0. The Balaban J connectivity index is 1.41. The Kier molecular flexibility index (Phi) is 8.28. The van der Waals surface area contributed by atoms with E-state index in [0.717, 1.165) is 6.07 Å². The van der Waals surface area contributed by atoms with E-state index in [2.05, 4.69) is 47.4 Å². The Hall–Kier alpha value is -5.34. The summed E-state index contributed by atoms with van der Waals surface area (Å²) in [4.78, 5) is 40.3. The summed E-state index contributed by atoms with van der Waals surface area (Å²) in [6.45, 7) is 12.6. The lowest BCUT2D eigenvalue weighted by Gasteiger charge is -2.25. The molecule has 4 heterocycles. The van der Waals surface area contributed by atoms with Crippen molar-refractivity contribution >= 4 is 23.0 Å². The topological polar surface area (TPSA) is 157 Å². The summed E-state index contributed by atoms with van der Waals surface area (Å²) in [5.74, 6) is -0.706. The van der Waals surface area contributed by atoms with Crippen molar-refractivity contribution in [3.05, 3.63) is 78.4 Å². The summed E-state index contributed by atoms with van der Waals surface area (Å²) < 4.78 is 49.5. The van der Waals surface area contributed by atoms with Crippen molar-refractivity contribution < 1.29 is 27.3 Å². The zero-order valence-electron chi connectivity index (χ0n) is 25.8. The van der Waals surface area contributed by atoms with Crippen molar-refractivity contribution in [3.63, 3.8) is 0 Å². The van der Waals surface area contributed by atoms with Crippen molar-refractivity contribution in [3.8, 4) is 22.5 Å². The summed E-state index contributed by atoms with van der Waals surface area (Å²) in [5.41, 5.74) is -0.0401. The lowest BCUT2D eigenvalue weighted by molar-refractivity contribution is -0.138. The van der Waals surface area contributed by atoms with Gasteiger partial charge in [0.15, 0.2) is 11.5 Å². The number of pyridine rings is 1. The van der Waals surface area contributed by atoms with E-state index in [-0.39, 0.29) is 22.9 Å². The van der Waals surface area contributed by atoms with Gasteiger partial charge in [0.2, 0.25) is 5.91 Å². The van der Waals surface area contributed by atoms with Crippen LogP contribution in [0.2, 0.25) is 0 Å². The van der Waals surface area contributed by atoms with Crippen LogP contribution in [-0.2, 0) is 28.5 Å². The van der Waals surface area contributed by atoms with Crippen molar-refractivity contribution in [2.24, 2.45) is 0 Å². The summed E-state index contributed by atoms with van der Waals surface area (Å²) in [6.07, 6.45) is 1.29. The molecular formula is C31H32F3N9O3. The Labute approximate surface area is 261 Å². The molecule has 0 saturated heterocycles. The second-order valence-corrected chi connectivity index (χ2v) is 12.3. The lowest BCUT2D eigenvalue weighted by Crippen LogP contribution is -2.40. The number of nitrogens with zero attached hydrogens (tertiary/aromatic N) is 6. The Bertz CT molecular complexity index is 1930. The average molecular weight is 636 g/mol. The third kappa shape index (κ3) is 6.67. The van der Waals surface area contributed by atoms with Gasteiger partial charge in [-0.1, -0.05) is 44.6 Å². The number of alkyl halides is 3. The van der Waals surface area contributed by atoms with Crippen LogP contribution < -0.4 is 10.6 Å². The van der Waals surface area contributed by atoms with Crippen LogP contribution in [0, 0.1) is 0 Å². The standard InChI is InChI=1S/C31H32F3N9O3/c1-7-22(44)37-16-30(5,6)43-15-19(14-38-43)24-39-23-20(10-11-35-25(23)40-24)17-8-9-18(21(12-17)31(32,33)34)13-36-26(45)27-41-28(42-46-27)29(2,3)4/h7-12,14-15H,1,13,16H2,2-6H3,(H,36,45)(H,37,44)(H,35,39,40). The summed E-state index contributed by atoms with van der Waals surface area (Å²) in [5, 5.41) is 13.4. The number of benzene rings is 1. The number of aromatic amines is 1. The van der Waals surface area contributed by atoms with E-state index in [4.69, 9.17) is 4.52 Å². The molecule has 0 fully saturated rings. The number of hydrogen-bond donors (Lipinski definition) is 3. The van der Waals surface area contributed by atoms with Crippen molar-refractivity contribution in [1.82, 2.24) is 45.5 Å². The Morgan fingerprint density at radius 2 is 1.83 bits per heavy atom. The first-order chi connectivity index (χ1) is 21.6. The molecule has 0 atom stereocenters. The predicted octanol–water partition coefficient (Wildman–Crippen LogP) is 5.16. The van der Waals surface area contributed by atoms with E-state index in [9.17, 15) is 22.8 Å². The molecule has 0 unspecified atom stereocenters. The molecule has 3 N–H and O–H groups in total. The van der Waals surface area contributed by atoms with Crippen molar-refractivity contribution in [2.75, 3.05) is 6.54 Å². The maximum absolute atomic E-state index is 14.3. The fourth-order valence-corrected chi connectivity index (χ4v) is 4.55. The highest BCUT2D eigenvalue weighted by atomic mass is 19.4. The van der Waals surface area contributed by atoms with Gasteiger partial charge in [-0.15, -0.1) is 0 Å². The SMILES string of the molecule is C=CC(=O)NCC(C)(C)n1cc(-c2nc3nccc(-c4ccc(CNC(=O)c5nc(C(C)(C)C)no5)c(C(F)(F)F)c4)c3[nH]2)cn1. The van der Waals surface area contributed by atoms with Crippen LogP contribution >= 0.6 is 0 Å². The first kappa shape index (κ1) is 32.1. The maximum Gasteiger partial charge on any atom is 0.416 e. The molecule has 0 aliphatic heterocycles. The van der Waals surface area contributed by atoms with Gasteiger partial charge in [-0.05, 0) is 43.2 Å². The molecule has 0 aliphatic carbocycles. The molecule has 0 spiro atoms. The third-order valence-electron chi connectivity index (χ3n) is 7.21. The highest BCUT2D eigenvalue weighted by Gasteiger charge is 2.34. The number of fused-ring (bicyclic) bond motifs is 1. The molecule has 240 valence electrons. The van der Waals surface area contributed by atoms with Crippen LogP contribution in [0.1, 0.15) is 62.3 Å². The second kappa shape index (κ2) is 11.9. The number of H-pyrrole nitrogens is 1. The minimum absolute atomic E-state index is 0.143. The van der Waals surface area contributed by atoms with E-state index < -0.39 is 35.1 Å². The fraction of sp³-hybridized carbons (Fsp3) is 0.323. The normalized spacial score (nSPS) is 12.3. The zero-order valence-corrected chi connectivity index (χ0v) is 25.8. The minimum atomic E-state index is -4.71. The molecule has 46 heavy (non-hydrogen) atoms. The highest BCUT2D eigenvalue weighted by molar-refractivity contribution is 5.92. The van der Waals surface area contributed by atoms with E-state index in [1.807, 2.05) is 34.6 Å². The van der Waals surface area contributed by atoms with Gasteiger partial charge < -0.3 is 20.1 Å². The molecule has 12 nitrogen and oxygen atoms in total. The van der Waals surface area contributed by atoms with Gasteiger partial charge in [0, 0.05) is 36.5 Å². The smallest absolute Gasteiger partial charge is 0.350 e. The quantitative estimate of drug-likeness (QED) is 0.188. The number of carbonyl (C=O) groups excluding carboxylic acids is 2.